The van der Waals surface area contributed by atoms with Crippen LogP contribution in [0.15, 0.2) is 188 Å². The first-order valence-corrected chi connectivity index (χ1v) is 28.6. The SMILES string of the molecule is [C-]#[N+]c1cc(-c2ccccc2)cc(C#N)c1-c1cc2c3c(c1)N(c1cc(C(C)(C)C)cc(C(C)(C)C)c1)c1cc4c(ccc5ccccc54)cc1B3c1cc3ccc4ccccc4c3cc1N2c1cc(C(C)(C)C)cc(C(C)(C)C)c1. The van der Waals surface area contributed by atoms with Crippen molar-refractivity contribution in [2.45, 2.75) is 105 Å². The van der Waals surface area contributed by atoms with Crippen LogP contribution in [0.3, 0.4) is 0 Å². The Kier molecular flexibility index (Phi) is 11.7. The van der Waals surface area contributed by atoms with Crippen molar-refractivity contribution in [1.82, 2.24) is 0 Å². The van der Waals surface area contributed by atoms with Gasteiger partial charge < -0.3 is 9.80 Å². The zero-order valence-corrected chi connectivity index (χ0v) is 48.8. The molecule has 13 rings (SSSR count). The van der Waals surface area contributed by atoms with Gasteiger partial charge in [0.1, 0.15) is 0 Å². The highest BCUT2D eigenvalue weighted by molar-refractivity contribution is 7.00. The van der Waals surface area contributed by atoms with E-state index in [1.54, 1.807) is 0 Å². The quantitative estimate of drug-likeness (QED) is 0.100. The Hall–Kier alpha value is -8.90. The standard InChI is InChI=1S/C76H67BN4/c1-73(2,3)54-37-55(74(4,5)6)40-58(39-54)80-67-43-62-49(29-27-47-23-17-19-25-60(47)62)32-64(67)77-65-33-50-30-28-48-24-18-20-26-61(48)63(50)44-68(65)81(59-41-56(75(7,8)9)38-57(42-59)76(10,11)12)70-36-52(35-69(80)72(70)77)71-53(45-78)31-51(34-66(71)79-13)46-21-15-14-16-22-46/h14-44H,1-12H3. The van der Waals surface area contributed by atoms with Gasteiger partial charge in [-0.1, -0.05) is 210 Å². The molecule has 0 N–H and O–H groups in total. The van der Waals surface area contributed by atoms with E-state index in [1.807, 2.05) is 42.5 Å². The van der Waals surface area contributed by atoms with E-state index < -0.39 is 0 Å². The molecule has 0 radical (unpaired) electrons. The van der Waals surface area contributed by atoms with Crippen LogP contribution < -0.4 is 26.2 Å². The molecular weight excluding hydrogens is 980 g/mol. The maximum atomic E-state index is 11.4. The van der Waals surface area contributed by atoms with Crippen molar-refractivity contribution in [2.24, 2.45) is 0 Å². The van der Waals surface area contributed by atoms with Gasteiger partial charge in [-0.05, 0) is 181 Å². The van der Waals surface area contributed by atoms with Gasteiger partial charge in [0.25, 0.3) is 6.71 Å². The van der Waals surface area contributed by atoms with E-state index in [2.05, 4.69) is 249 Å². The van der Waals surface area contributed by atoms with Crippen molar-refractivity contribution < 1.29 is 0 Å². The van der Waals surface area contributed by atoms with Crippen LogP contribution in [0.4, 0.5) is 39.8 Å². The zero-order valence-electron chi connectivity index (χ0n) is 48.8. The Balaban J connectivity index is 1.25. The molecule has 11 aromatic rings. The van der Waals surface area contributed by atoms with E-state index in [-0.39, 0.29) is 28.4 Å². The molecule has 2 aliphatic heterocycles. The summed E-state index contributed by atoms with van der Waals surface area (Å²) in [6.45, 7) is 36.5. The second-order valence-corrected chi connectivity index (χ2v) is 26.9. The third-order valence-electron chi connectivity index (χ3n) is 17.4. The molecule has 0 saturated carbocycles. The van der Waals surface area contributed by atoms with Gasteiger partial charge in [-0.3, -0.25) is 0 Å². The van der Waals surface area contributed by atoms with Gasteiger partial charge in [0.05, 0.1) is 12.6 Å². The number of rotatable bonds is 4. The van der Waals surface area contributed by atoms with Gasteiger partial charge in [-0.2, -0.15) is 5.26 Å². The van der Waals surface area contributed by atoms with E-state index in [1.165, 1.54) is 81.7 Å². The number of hydrogen-bond donors (Lipinski definition) is 0. The van der Waals surface area contributed by atoms with Crippen LogP contribution in [-0.4, -0.2) is 6.71 Å². The van der Waals surface area contributed by atoms with Gasteiger partial charge in [0.2, 0.25) is 0 Å². The largest absolute Gasteiger partial charge is 0.311 e. The van der Waals surface area contributed by atoms with Crippen LogP contribution >= 0.6 is 0 Å². The van der Waals surface area contributed by atoms with Crippen molar-refractivity contribution in [3.05, 3.63) is 227 Å². The fourth-order valence-electron chi connectivity index (χ4n) is 12.8. The first kappa shape index (κ1) is 51.5. The molecule has 11 aromatic carbocycles. The lowest BCUT2D eigenvalue weighted by Crippen LogP contribution is -2.61. The molecule has 0 atom stereocenters. The summed E-state index contributed by atoms with van der Waals surface area (Å²) in [5.74, 6) is 0. The zero-order chi connectivity index (χ0) is 56.7. The maximum Gasteiger partial charge on any atom is 0.252 e. The molecule has 0 saturated heterocycles. The fourth-order valence-corrected chi connectivity index (χ4v) is 12.8. The van der Waals surface area contributed by atoms with Gasteiger partial charge in [-0.25, -0.2) is 4.85 Å². The van der Waals surface area contributed by atoms with E-state index in [4.69, 9.17) is 6.57 Å². The summed E-state index contributed by atoms with van der Waals surface area (Å²) in [7, 11) is 0. The highest BCUT2D eigenvalue weighted by Crippen LogP contribution is 2.51. The number of nitriles is 1. The van der Waals surface area contributed by atoms with E-state index in [0.717, 1.165) is 50.8 Å². The van der Waals surface area contributed by atoms with Crippen molar-refractivity contribution in [3.8, 4) is 28.3 Å². The van der Waals surface area contributed by atoms with Crippen LogP contribution in [0.5, 0.6) is 0 Å². The van der Waals surface area contributed by atoms with Crippen LogP contribution in [0.25, 0.3) is 70.2 Å². The number of nitrogens with zero attached hydrogens (tertiary/aromatic N) is 4. The summed E-state index contributed by atoms with van der Waals surface area (Å²) in [5, 5.41) is 21.0. The lowest BCUT2D eigenvalue weighted by atomic mass is 9.33. The third kappa shape index (κ3) is 8.57. The topological polar surface area (TPSA) is 34.6 Å². The second kappa shape index (κ2) is 18.3. The second-order valence-electron chi connectivity index (χ2n) is 26.9. The maximum absolute atomic E-state index is 11.4. The number of hydrogen-bond acceptors (Lipinski definition) is 3. The van der Waals surface area contributed by atoms with Gasteiger partial charge in [-0.15, -0.1) is 0 Å². The van der Waals surface area contributed by atoms with E-state index >= 15 is 0 Å². The number of fused-ring (bicyclic) bond motifs is 10. The highest BCUT2D eigenvalue weighted by Gasteiger charge is 2.45. The predicted octanol–water partition coefficient (Wildman–Crippen LogP) is 19.3. The summed E-state index contributed by atoms with van der Waals surface area (Å²) in [4.78, 5) is 9.41. The first-order chi connectivity index (χ1) is 38.6. The van der Waals surface area contributed by atoms with Crippen molar-refractivity contribution in [1.29, 1.82) is 5.26 Å². The molecule has 0 aliphatic carbocycles. The third-order valence-corrected chi connectivity index (χ3v) is 17.4. The van der Waals surface area contributed by atoms with Crippen molar-refractivity contribution in [2.75, 3.05) is 9.80 Å². The summed E-state index contributed by atoms with van der Waals surface area (Å²) in [6, 6.07) is 72.4. The average Bonchev–Trinajstić information content (AvgIpc) is 3.37. The molecule has 2 aliphatic rings. The Morgan fingerprint density at radius 3 is 1.23 bits per heavy atom. The van der Waals surface area contributed by atoms with Crippen LogP contribution in [0.2, 0.25) is 0 Å². The van der Waals surface area contributed by atoms with Crippen molar-refractivity contribution >= 4 is 106 Å². The fraction of sp³-hybridized carbons (Fsp3) is 0.211. The lowest BCUT2D eigenvalue weighted by Gasteiger charge is -2.45. The van der Waals surface area contributed by atoms with Gasteiger partial charge in [0.15, 0.2) is 5.69 Å². The first-order valence-electron chi connectivity index (χ1n) is 28.6. The Morgan fingerprint density at radius 1 is 0.395 bits per heavy atom. The molecule has 0 fully saturated rings. The van der Waals surface area contributed by atoms with Crippen molar-refractivity contribution in [3.63, 3.8) is 0 Å². The Bertz CT molecular complexity index is 4210. The number of benzene rings is 11. The lowest BCUT2D eigenvalue weighted by molar-refractivity contribution is 0.568. The highest BCUT2D eigenvalue weighted by atomic mass is 15.2. The Labute approximate surface area is 478 Å². The summed E-state index contributed by atoms with van der Waals surface area (Å²) in [6.07, 6.45) is 0. The monoisotopic (exact) mass is 1050 g/mol. The minimum absolute atomic E-state index is 0.172. The minimum Gasteiger partial charge on any atom is -0.311 e. The predicted molar refractivity (Wildman–Crippen MR) is 347 cm³/mol. The molecule has 0 spiro atoms. The van der Waals surface area contributed by atoms with E-state index in [0.29, 0.717) is 16.8 Å². The molecule has 5 heteroatoms. The molecule has 0 amide bonds. The molecule has 2 heterocycles. The molecule has 81 heavy (non-hydrogen) atoms. The minimum atomic E-state index is -0.217. The molecule has 0 unspecified atom stereocenters. The molecule has 394 valence electrons. The smallest absolute Gasteiger partial charge is 0.252 e. The van der Waals surface area contributed by atoms with Crippen LogP contribution in [0, 0.1) is 17.9 Å². The molecule has 4 nitrogen and oxygen atoms in total. The van der Waals surface area contributed by atoms with Gasteiger partial charge >= 0.3 is 0 Å². The average molecular weight is 1050 g/mol. The number of anilines is 6. The normalized spacial score (nSPS) is 13.3. The summed E-state index contributed by atoms with van der Waals surface area (Å²) >= 11 is 0. The summed E-state index contributed by atoms with van der Waals surface area (Å²) in [5.41, 5.74) is 18.5. The molecule has 0 bridgehead atoms. The molecular formula is C76H67BN4. The van der Waals surface area contributed by atoms with E-state index in [9.17, 15) is 5.26 Å². The van der Waals surface area contributed by atoms with Gasteiger partial charge in [0, 0.05) is 45.3 Å². The van der Waals surface area contributed by atoms with Crippen LogP contribution in [0.1, 0.15) is 111 Å². The Morgan fingerprint density at radius 2 is 0.815 bits per heavy atom. The van der Waals surface area contributed by atoms with Crippen LogP contribution in [-0.2, 0) is 21.7 Å². The molecule has 0 aromatic heterocycles. The summed E-state index contributed by atoms with van der Waals surface area (Å²) < 4.78 is 0.